The first kappa shape index (κ1) is 12.6. The van der Waals surface area contributed by atoms with Gasteiger partial charge in [0.25, 0.3) is 5.89 Å². The van der Waals surface area contributed by atoms with Gasteiger partial charge in [0.1, 0.15) is 6.42 Å². The standard InChI is InChI=1S/C10H11ClN4O3/c1-3-15-5-6(11)9(14-15)10-13-12-7(18-10)4-8(16)17-2/h5H,3-4H2,1-2H3. The zero-order chi connectivity index (χ0) is 13.1. The fraction of sp³-hybridized carbons (Fsp3) is 0.400. The van der Waals surface area contributed by atoms with Gasteiger partial charge in [0.15, 0.2) is 5.69 Å². The van der Waals surface area contributed by atoms with Crippen molar-refractivity contribution in [2.75, 3.05) is 7.11 Å². The third kappa shape index (κ3) is 2.51. The number of hydrogen-bond acceptors (Lipinski definition) is 6. The number of aryl methyl sites for hydroxylation is 1. The Morgan fingerprint density at radius 1 is 1.56 bits per heavy atom. The highest BCUT2D eigenvalue weighted by atomic mass is 35.5. The minimum absolute atomic E-state index is 0.0738. The Labute approximate surface area is 108 Å². The molecule has 96 valence electrons. The summed E-state index contributed by atoms with van der Waals surface area (Å²) < 4.78 is 11.5. The lowest BCUT2D eigenvalue weighted by Crippen LogP contribution is -2.04. The van der Waals surface area contributed by atoms with Crippen molar-refractivity contribution in [1.82, 2.24) is 20.0 Å². The van der Waals surface area contributed by atoms with Crippen LogP contribution in [0.2, 0.25) is 5.02 Å². The van der Waals surface area contributed by atoms with Gasteiger partial charge in [-0.25, -0.2) is 0 Å². The van der Waals surface area contributed by atoms with Crippen molar-refractivity contribution in [1.29, 1.82) is 0 Å². The Morgan fingerprint density at radius 2 is 2.33 bits per heavy atom. The summed E-state index contributed by atoms with van der Waals surface area (Å²) in [6.45, 7) is 2.62. The van der Waals surface area contributed by atoms with Crippen LogP contribution in [0.4, 0.5) is 0 Å². The summed E-state index contributed by atoms with van der Waals surface area (Å²) in [4.78, 5) is 11.0. The molecular formula is C10H11ClN4O3. The number of nitrogens with zero attached hydrogens (tertiary/aromatic N) is 4. The highest BCUT2D eigenvalue weighted by Crippen LogP contribution is 2.25. The Bertz CT molecular complexity index is 563. The SMILES string of the molecule is CCn1cc(Cl)c(-c2nnc(CC(=O)OC)o2)n1. The molecule has 0 spiro atoms. The average molecular weight is 271 g/mol. The summed E-state index contributed by atoms with van der Waals surface area (Å²) in [6, 6.07) is 0. The van der Waals surface area contributed by atoms with E-state index in [1.165, 1.54) is 7.11 Å². The van der Waals surface area contributed by atoms with Crippen LogP contribution in [0.25, 0.3) is 11.6 Å². The zero-order valence-corrected chi connectivity index (χ0v) is 10.6. The third-order valence-electron chi connectivity index (χ3n) is 2.23. The molecule has 0 fully saturated rings. The average Bonchev–Trinajstić information content (AvgIpc) is 2.95. The van der Waals surface area contributed by atoms with E-state index in [1.54, 1.807) is 10.9 Å². The highest BCUT2D eigenvalue weighted by molar-refractivity contribution is 6.32. The monoisotopic (exact) mass is 270 g/mol. The quantitative estimate of drug-likeness (QED) is 0.779. The van der Waals surface area contributed by atoms with Gasteiger partial charge in [-0.15, -0.1) is 10.2 Å². The van der Waals surface area contributed by atoms with Gasteiger partial charge in [-0.3, -0.25) is 9.48 Å². The normalized spacial score (nSPS) is 10.6. The van der Waals surface area contributed by atoms with Crippen molar-refractivity contribution in [3.05, 3.63) is 17.1 Å². The molecule has 0 aliphatic heterocycles. The number of carbonyl (C=O) groups excluding carboxylic acids is 1. The van der Waals surface area contributed by atoms with Crippen LogP contribution in [-0.4, -0.2) is 33.1 Å². The van der Waals surface area contributed by atoms with Gasteiger partial charge in [-0.05, 0) is 6.92 Å². The number of aromatic nitrogens is 4. The molecule has 2 rings (SSSR count). The molecule has 0 aliphatic carbocycles. The minimum Gasteiger partial charge on any atom is -0.469 e. The fourth-order valence-electron chi connectivity index (χ4n) is 1.32. The van der Waals surface area contributed by atoms with Crippen LogP contribution in [0, 0.1) is 0 Å². The molecule has 0 saturated carbocycles. The largest absolute Gasteiger partial charge is 0.469 e. The first-order valence-electron chi connectivity index (χ1n) is 5.26. The van der Waals surface area contributed by atoms with Gasteiger partial charge < -0.3 is 9.15 Å². The van der Waals surface area contributed by atoms with Gasteiger partial charge >= 0.3 is 5.97 Å². The summed E-state index contributed by atoms with van der Waals surface area (Å²) in [7, 11) is 1.29. The predicted octanol–water partition coefficient (Wildman–Crippen LogP) is 1.32. The van der Waals surface area contributed by atoms with Crippen LogP contribution >= 0.6 is 11.6 Å². The summed E-state index contributed by atoms with van der Waals surface area (Å²) in [5.41, 5.74) is 0.405. The summed E-state index contributed by atoms with van der Waals surface area (Å²) in [5.74, 6) is -0.0968. The smallest absolute Gasteiger partial charge is 0.315 e. The first-order chi connectivity index (χ1) is 8.63. The lowest BCUT2D eigenvalue weighted by Gasteiger charge is -1.93. The Kier molecular flexibility index (Phi) is 3.61. The molecule has 0 aliphatic rings. The van der Waals surface area contributed by atoms with E-state index < -0.39 is 5.97 Å². The van der Waals surface area contributed by atoms with E-state index in [-0.39, 0.29) is 18.2 Å². The van der Waals surface area contributed by atoms with Crippen molar-refractivity contribution in [3.8, 4) is 11.6 Å². The topological polar surface area (TPSA) is 83.0 Å². The van der Waals surface area contributed by atoms with Crippen molar-refractivity contribution < 1.29 is 13.9 Å². The number of methoxy groups -OCH3 is 1. The molecule has 0 unspecified atom stereocenters. The summed E-state index contributed by atoms with van der Waals surface area (Å²) >= 11 is 6.00. The molecular weight excluding hydrogens is 260 g/mol. The molecule has 0 N–H and O–H groups in total. The number of hydrogen-bond donors (Lipinski definition) is 0. The minimum atomic E-state index is -0.449. The van der Waals surface area contributed by atoms with E-state index in [2.05, 4.69) is 20.0 Å². The van der Waals surface area contributed by atoms with E-state index in [0.29, 0.717) is 17.3 Å². The summed E-state index contributed by atoms with van der Waals surface area (Å²) in [6.07, 6.45) is 1.59. The molecule has 0 amide bonds. The second-order valence-corrected chi connectivity index (χ2v) is 3.84. The van der Waals surface area contributed by atoms with E-state index in [0.717, 1.165) is 0 Å². The predicted molar refractivity (Wildman–Crippen MR) is 61.9 cm³/mol. The van der Waals surface area contributed by atoms with Crippen molar-refractivity contribution in [3.63, 3.8) is 0 Å². The third-order valence-corrected chi connectivity index (χ3v) is 2.51. The van der Waals surface area contributed by atoms with Crippen LogP contribution in [0.5, 0.6) is 0 Å². The van der Waals surface area contributed by atoms with Gasteiger partial charge in [0.2, 0.25) is 5.89 Å². The summed E-state index contributed by atoms with van der Waals surface area (Å²) in [5, 5.41) is 12.1. The Balaban J connectivity index is 2.23. The Morgan fingerprint density at radius 3 is 2.94 bits per heavy atom. The number of ether oxygens (including phenoxy) is 1. The second-order valence-electron chi connectivity index (χ2n) is 3.44. The lowest BCUT2D eigenvalue weighted by molar-refractivity contribution is -0.140. The van der Waals surface area contributed by atoms with Crippen molar-refractivity contribution >= 4 is 17.6 Å². The molecule has 18 heavy (non-hydrogen) atoms. The molecule has 0 atom stereocenters. The van der Waals surface area contributed by atoms with E-state index >= 15 is 0 Å². The van der Waals surface area contributed by atoms with Gasteiger partial charge in [0, 0.05) is 12.7 Å². The maximum absolute atomic E-state index is 11.0. The molecule has 7 nitrogen and oxygen atoms in total. The maximum Gasteiger partial charge on any atom is 0.315 e. The molecule has 0 radical (unpaired) electrons. The van der Waals surface area contributed by atoms with E-state index in [9.17, 15) is 4.79 Å². The van der Waals surface area contributed by atoms with Gasteiger partial charge in [-0.2, -0.15) is 5.10 Å². The number of halogens is 1. The Hall–Kier alpha value is -1.89. The van der Waals surface area contributed by atoms with Crippen LogP contribution in [0.15, 0.2) is 10.6 Å². The molecule has 0 saturated heterocycles. The maximum atomic E-state index is 11.0. The van der Waals surface area contributed by atoms with E-state index in [4.69, 9.17) is 16.0 Å². The van der Waals surface area contributed by atoms with Crippen molar-refractivity contribution in [2.45, 2.75) is 19.9 Å². The van der Waals surface area contributed by atoms with Crippen LogP contribution < -0.4 is 0 Å². The lowest BCUT2D eigenvalue weighted by atomic mass is 10.4. The number of esters is 1. The van der Waals surface area contributed by atoms with Crippen LogP contribution in [0.1, 0.15) is 12.8 Å². The van der Waals surface area contributed by atoms with Gasteiger partial charge in [0.05, 0.1) is 12.1 Å². The van der Waals surface area contributed by atoms with E-state index in [1.807, 2.05) is 6.92 Å². The molecule has 2 aromatic heterocycles. The molecule has 8 heteroatoms. The highest BCUT2D eigenvalue weighted by Gasteiger charge is 2.17. The van der Waals surface area contributed by atoms with Crippen LogP contribution in [-0.2, 0) is 22.5 Å². The molecule has 2 aromatic rings. The molecule has 2 heterocycles. The van der Waals surface area contributed by atoms with Crippen molar-refractivity contribution in [2.24, 2.45) is 0 Å². The second kappa shape index (κ2) is 5.18. The van der Waals surface area contributed by atoms with Gasteiger partial charge in [-0.1, -0.05) is 11.6 Å². The van der Waals surface area contributed by atoms with Crippen LogP contribution in [0.3, 0.4) is 0 Å². The first-order valence-corrected chi connectivity index (χ1v) is 5.64. The molecule has 0 bridgehead atoms. The molecule has 0 aromatic carbocycles. The number of rotatable bonds is 4. The fourth-order valence-corrected chi connectivity index (χ4v) is 1.55. The number of carbonyl (C=O) groups is 1. The zero-order valence-electron chi connectivity index (χ0n) is 9.88.